The number of halogens is 18. The molecule has 0 bridgehead atoms. The first-order chi connectivity index (χ1) is 49.6. The molecule has 6 heterocycles. The van der Waals surface area contributed by atoms with Crippen LogP contribution < -0.4 is 28.9 Å². The standard InChI is InChI=1S/C23H22F6N2O4.C23H20F6N2O4.C14H17NO3.C9H5F6NO2/c2*1-34-18-12-16-13(11-17(18)31-5-7-35-8-6-31)9-14(20(16)32)10-15-3-2-4-19(30-15)21(33,22(24,25)26)23(27,28)29;1-17-14-9-11-10(2-3-13(11)16)8-12(14)15-4-6-18-7-5-15;10-8(11,12)7(18,9(13,14)15)6-3-1-2-5(4-17)16-6/h2-4,11-12,14,33H,5-10H2,1H3;2-4,10-12,33H,5-9H2,1H3;8-9H,2-7H2,1H3;1-4,18H/b;14-10+;;. The second kappa shape index (κ2) is 31.3. The molecule has 106 heavy (non-hydrogen) atoms. The zero-order valence-electron chi connectivity index (χ0n) is 55.8. The summed E-state index contributed by atoms with van der Waals surface area (Å²) in [4.78, 5) is 64.1. The van der Waals surface area contributed by atoms with Crippen LogP contribution in [0.5, 0.6) is 17.2 Å². The monoisotopic (exact) mass is 1530 g/mol. The number of anilines is 3. The van der Waals surface area contributed by atoms with Gasteiger partial charge in [0.15, 0.2) is 23.6 Å². The summed E-state index contributed by atoms with van der Waals surface area (Å²) in [6.45, 7) is 7.86. The summed E-state index contributed by atoms with van der Waals surface area (Å²) in [6.07, 6.45) is -33.5. The number of rotatable bonds is 13. The number of alkyl halides is 18. The smallest absolute Gasteiger partial charge is 0.432 e. The molecule has 0 saturated carbocycles. The number of aromatic nitrogens is 3. The van der Waals surface area contributed by atoms with Crippen molar-refractivity contribution in [1.29, 1.82) is 0 Å². The fourth-order valence-electron chi connectivity index (χ4n) is 12.4. The van der Waals surface area contributed by atoms with Crippen LogP contribution in [0, 0.1) is 5.92 Å². The lowest BCUT2D eigenvalue weighted by atomic mass is 9.95. The molecule has 3 saturated heterocycles. The molecule has 0 amide bonds. The largest absolute Gasteiger partial charge is 0.495 e. The molecular formula is C69H64F18N6O13. The zero-order chi connectivity index (χ0) is 77.9. The van der Waals surface area contributed by atoms with E-state index in [-0.39, 0.29) is 54.1 Å². The summed E-state index contributed by atoms with van der Waals surface area (Å²) in [5.74, 6) is 0.493. The van der Waals surface area contributed by atoms with Crippen LogP contribution >= 0.6 is 0 Å². The Morgan fingerprint density at radius 1 is 0.462 bits per heavy atom. The summed E-state index contributed by atoms with van der Waals surface area (Å²) in [6, 6.07) is 18.0. The Morgan fingerprint density at radius 3 is 1.25 bits per heavy atom. The highest BCUT2D eigenvalue weighted by Crippen LogP contribution is 2.53. The van der Waals surface area contributed by atoms with E-state index in [9.17, 15) is 108 Å². The molecule has 37 heteroatoms. The number of benzene rings is 3. The van der Waals surface area contributed by atoms with Crippen LogP contribution in [0.15, 0.2) is 96.6 Å². The van der Waals surface area contributed by atoms with E-state index in [2.05, 4.69) is 30.8 Å². The van der Waals surface area contributed by atoms with Gasteiger partial charge in [0.05, 0.1) is 101 Å². The van der Waals surface area contributed by atoms with Gasteiger partial charge < -0.3 is 58.4 Å². The Hall–Kier alpha value is -9.17. The van der Waals surface area contributed by atoms with Crippen LogP contribution in [0.3, 0.4) is 0 Å². The van der Waals surface area contributed by atoms with Gasteiger partial charge in [-0.2, -0.15) is 79.0 Å². The number of hydrogen-bond donors (Lipinski definition) is 3. The number of morpholine rings is 3. The molecule has 1 atom stereocenters. The predicted octanol–water partition coefficient (Wildman–Crippen LogP) is 11.8. The molecule has 3 aromatic carbocycles. The minimum atomic E-state index is -6.06. The molecule has 574 valence electrons. The van der Waals surface area contributed by atoms with Gasteiger partial charge in [0.2, 0.25) is 0 Å². The second-order valence-electron chi connectivity index (χ2n) is 24.6. The fourth-order valence-corrected chi connectivity index (χ4v) is 12.4. The van der Waals surface area contributed by atoms with Crippen molar-refractivity contribution in [3.63, 3.8) is 0 Å². The fraction of sp³-hybridized carbons (Fsp3) is 0.435. The predicted molar refractivity (Wildman–Crippen MR) is 338 cm³/mol. The van der Waals surface area contributed by atoms with Gasteiger partial charge in [0, 0.05) is 92.4 Å². The Bertz CT molecular complexity index is 4200. The Morgan fingerprint density at radius 2 is 0.830 bits per heavy atom. The van der Waals surface area contributed by atoms with Gasteiger partial charge in [-0.3, -0.25) is 24.2 Å². The number of aryl methyl sites for hydroxylation is 1. The average Bonchev–Trinajstić information content (AvgIpc) is 1.15. The molecule has 0 radical (unpaired) electrons. The molecule has 3 aliphatic carbocycles. The molecule has 0 spiro atoms. The highest BCUT2D eigenvalue weighted by Gasteiger charge is 2.74. The summed E-state index contributed by atoms with van der Waals surface area (Å²) < 4.78 is 266. The van der Waals surface area contributed by atoms with Crippen molar-refractivity contribution in [1.82, 2.24) is 15.0 Å². The number of aliphatic hydroxyl groups is 3. The van der Waals surface area contributed by atoms with Crippen LogP contribution in [-0.4, -0.2) is 191 Å². The van der Waals surface area contributed by atoms with Crippen molar-refractivity contribution >= 4 is 46.8 Å². The van der Waals surface area contributed by atoms with Crippen LogP contribution in [0.25, 0.3) is 6.08 Å². The first-order valence-corrected chi connectivity index (χ1v) is 31.9. The number of hydrogen-bond acceptors (Lipinski definition) is 19. The molecule has 3 fully saturated rings. The number of carbonyl (C=O) groups excluding carboxylic acids is 4. The van der Waals surface area contributed by atoms with E-state index in [1.165, 1.54) is 20.3 Å². The molecule has 12 rings (SSSR count). The van der Waals surface area contributed by atoms with Crippen molar-refractivity contribution in [3.05, 3.63) is 164 Å². The minimum Gasteiger partial charge on any atom is -0.495 e. The number of pyridine rings is 3. The van der Waals surface area contributed by atoms with Crippen molar-refractivity contribution in [2.45, 2.75) is 86.0 Å². The van der Waals surface area contributed by atoms with E-state index < -0.39 is 88.3 Å². The van der Waals surface area contributed by atoms with E-state index >= 15 is 0 Å². The number of allylic oxidation sites excluding steroid dienone is 1. The molecular weight excluding hydrogens is 1460 g/mol. The van der Waals surface area contributed by atoms with E-state index in [1.807, 2.05) is 17.0 Å². The molecule has 3 aromatic heterocycles. The van der Waals surface area contributed by atoms with Crippen molar-refractivity contribution in [2.75, 3.05) is 115 Å². The number of ether oxygens (including phenoxy) is 6. The number of fused-ring (bicyclic) bond motifs is 3. The van der Waals surface area contributed by atoms with Gasteiger partial charge in [-0.25, -0.2) is 9.97 Å². The van der Waals surface area contributed by atoms with E-state index in [0.717, 1.165) is 103 Å². The second-order valence-corrected chi connectivity index (χ2v) is 24.6. The maximum atomic E-state index is 13.2. The summed E-state index contributed by atoms with van der Waals surface area (Å²) in [5, 5.41) is 28.2. The number of ketones is 3. The molecule has 6 aromatic rings. The van der Waals surface area contributed by atoms with Crippen molar-refractivity contribution in [2.24, 2.45) is 5.92 Å². The average molecular weight is 1530 g/mol. The molecule has 19 nitrogen and oxygen atoms in total. The normalized spacial score (nSPS) is 17.8. The van der Waals surface area contributed by atoms with Crippen LogP contribution in [0.4, 0.5) is 96.1 Å². The number of nitrogens with zero attached hydrogens (tertiary/aromatic N) is 6. The van der Waals surface area contributed by atoms with E-state index in [1.54, 1.807) is 25.3 Å². The minimum absolute atomic E-state index is 0.0311. The van der Waals surface area contributed by atoms with Crippen LogP contribution in [0.2, 0.25) is 0 Å². The third kappa shape index (κ3) is 16.4. The Balaban J connectivity index is 0.000000171. The maximum absolute atomic E-state index is 13.2. The van der Waals surface area contributed by atoms with Crippen molar-refractivity contribution < 1.29 is 142 Å². The van der Waals surface area contributed by atoms with Crippen LogP contribution in [-0.2, 0) is 56.7 Å². The lowest BCUT2D eigenvalue weighted by Gasteiger charge is -2.31. The Labute approximate surface area is 590 Å². The third-order valence-corrected chi connectivity index (χ3v) is 18.0. The molecule has 6 aliphatic rings. The highest BCUT2D eigenvalue weighted by molar-refractivity contribution is 6.16. The van der Waals surface area contributed by atoms with Crippen molar-refractivity contribution in [3.8, 4) is 17.2 Å². The molecule has 3 aliphatic heterocycles. The summed E-state index contributed by atoms with van der Waals surface area (Å²) >= 11 is 0. The van der Waals surface area contributed by atoms with E-state index in [4.69, 9.17) is 33.5 Å². The third-order valence-electron chi connectivity index (χ3n) is 18.0. The topological polar surface area (TPSA) is 233 Å². The quantitative estimate of drug-likeness (QED) is 0.0554. The first kappa shape index (κ1) is 80.9. The zero-order valence-corrected chi connectivity index (χ0v) is 55.8. The van der Waals surface area contributed by atoms with E-state index in [0.29, 0.717) is 111 Å². The molecule has 1 unspecified atom stereocenters. The number of Topliss-reactive ketones (excluding diaryl/α,β-unsaturated/α-hetero) is 3. The lowest BCUT2D eigenvalue weighted by molar-refractivity contribution is -0.378. The molecule has 3 N–H and O–H groups in total. The first-order valence-electron chi connectivity index (χ1n) is 31.9. The van der Waals surface area contributed by atoms with Gasteiger partial charge in [-0.1, -0.05) is 18.2 Å². The Kier molecular flexibility index (Phi) is 23.9. The van der Waals surface area contributed by atoms with Gasteiger partial charge in [0.25, 0.3) is 16.8 Å². The van der Waals surface area contributed by atoms with Gasteiger partial charge in [0.1, 0.15) is 22.9 Å². The van der Waals surface area contributed by atoms with Gasteiger partial charge in [-0.05, 0) is 108 Å². The van der Waals surface area contributed by atoms with Gasteiger partial charge >= 0.3 is 37.1 Å². The maximum Gasteiger partial charge on any atom is 0.432 e. The highest BCUT2D eigenvalue weighted by atomic mass is 19.4. The number of methoxy groups -OCH3 is 3. The summed E-state index contributed by atoms with van der Waals surface area (Å²) in [7, 11) is 4.59. The number of carbonyl (C=O) groups is 4. The lowest BCUT2D eigenvalue weighted by Crippen LogP contribution is -2.54. The SMILES string of the molecule is COc1cc2c(cc1N1CCOCC1)C/C(=C\c1cccc(C(O)(C(F)(F)F)C(F)(F)F)n1)C2=O.COc1cc2c(cc1N1CCOCC1)CC(Cc1cccc(C(O)(C(F)(F)F)C(F)(F)F)n1)C2=O.COc1cc2c(cc1N1CCOCC1)CCC2=O.O=Cc1cccc(C(O)(C(F)(F)F)C(F)(F)F)n1. The number of aldehydes is 1. The summed E-state index contributed by atoms with van der Waals surface area (Å²) in [5.41, 5.74) is -14.6. The van der Waals surface area contributed by atoms with Crippen LogP contribution in [0.1, 0.15) is 93.1 Å². The van der Waals surface area contributed by atoms with Gasteiger partial charge in [-0.15, -0.1) is 0 Å².